The molecule has 1 heterocycles. The van der Waals surface area contributed by atoms with E-state index < -0.39 is 4.92 Å². The Labute approximate surface area is 122 Å². The molecule has 1 aliphatic heterocycles. The number of amides is 1. The van der Waals surface area contributed by atoms with Crippen LogP contribution in [-0.2, 0) is 4.74 Å². The molecule has 0 saturated carbocycles. The number of para-hydroxylation sites is 2. The van der Waals surface area contributed by atoms with Crippen molar-refractivity contribution < 1.29 is 14.5 Å². The van der Waals surface area contributed by atoms with E-state index in [-0.39, 0.29) is 18.4 Å². The molecule has 0 spiro atoms. The normalized spacial score (nSPS) is 14.6. The molecule has 1 aromatic rings. The molecule has 21 heavy (non-hydrogen) atoms. The minimum Gasteiger partial charge on any atom is -0.448 e. The molecule has 1 fully saturated rings. The molecule has 0 radical (unpaired) electrons. The van der Waals surface area contributed by atoms with Crippen molar-refractivity contribution in [2.45, 2.75) is 0 Å². The van der Waals surface area contributed by atoms with E-state index >= 15 is 0 Å². The minimum absolute atomic E-state index is 0.00549. The van der Waals surface area contributed by atoms with Crippen LogP contribution in [0.5, 0.6) is 0 Å². The third-order valence-electron chi connectivity index (χ3n) is 3.12. The Bertz CT molecular complexity index is 503. The molecule has 0 bridgehead atoms. The SMILES string of the molecule is O=C(OCCNc1ccccc1[N+](=O)[O-])N1CCNCC1. The maximum Gasteiger partial charge on any atom is 0.409 e. The van der Waals surface area contributed by atoms with Gasteiger partial charge in [0.15, 0.2) is 0 Å². The zero-order valence-corrected chi connectivity index (χ0v) is 11.6. The van der Waals surface area contributed by atoms with Gasteiger partial charge in [-0.2, -0.15) is 0 Å². The number of carbonyl (C=O) groups is 1. The zero-order chi connectivity index (χ0) is 15.1. The Kier molecular flexibility index (Phi) is 5.33. The first kappa shape index (κ1) is 15.0. The van der Waals surface area contributed by atoms with E-state index in [0.717, 1.165) is 13.1 Å². The van der Waals surface area contributed by atoms with Crippen LogP contribution >= 0.6 is 0 Å². The summed E-state index contributed by atoms with van der Waals surface area (Å²) in [6.07, 6.45) is -0.346. The topological polar surface area (TPSA) is 96.7 Å². The van der Waals surface area contributed by atoms with Crippen LogP contribution in [0.4, 0.5) is 16.2 Å². The maximum atomic E-state index is 11.7. The summed E-state index contributed by atoms with van der Waals surface area (Å²) in [4.78, 5) is 23.8. The molecule has 1 saturated heterocycles. The average Bonchev–Trinajstić information content (AvgIpc) is 2.52. The lowest BCUT2D eigenvalue weighted by Crippen LogP contribution is -2.46. The van der Waals surface area contributed by atoms with Gasteiger partial charge in [0.2, 0.25) is 0 Å². The summed E-state index contributed by atoms with van der Waals surface area (Å²) >= 11 is 0. The highest BCUT2D eigenvalue weighted by atomic mass is 16.6. The number of nitrogens with one attached hydrogen (secondary N) is 2. The predicted octanol–water partition coefficient (Wildman–Crippen LogP) is 1.05. The van der Waals surface area contributed by atoms with Crippen LogP contribution in [0.25, 0.3) is 0 Å². The number of nitrogens with zero attached hydrogens (tertiary/aromatic N) is 2. The number of ether oxygens (including phenoxy) is 1. The van der Waals surface area contributed by atoms with Crippen molar-refractivity contribution in [3.63, 3.8) is 0 Å². The number of hydrogen-bond acceptors (Lipinski definition) is 6. The van der Waals surface area contributed by atoms with Crippen molar-refractivity contribution in [2.24, 2.45) is 0 Å². The Morgan fingerprint density at radius 1 is 1.38 bits per heavy atom. The van der Waals surface area contributed by atoms with Crippen molar-refractivity contribution in [1.82, 2.24) is 10.2 Å². The van der Waals surface area contributed by atoms with Crippen LogP contribution in [0.3, 0.4) is 0 Å². The molecule has 0 aromatic heterocycles. The fraction of sp³-hybridized carbons (Fsp3) is 0.462. The van der Waals surface area contributed by atoms with Gasteiger partial charge >= 0.3 is 6.09 Å². The van der Waals surface area contributed by atoms with Crippen LogP contribution < -0.4 is 10.6 Å². The first-order chi connectivity index (χ1) is 10.2. The van der Waals surface area contributed by atoms with Crippen molar-refractivity contribution >= 4 is 17.5 Å². The number of nitro benzene ring substituents is 1. The second kappa shape index (κ2) is 7.44. The van der Waals surface area contributed by atoms with Crippen LogP contribution in [0, 0.1) is 10.1 Å². The Hall–Kier alpha value is -2.35. The molecule has 8 nitrogen and oxygen atoms in total. The first-order valence-electron chi connectivity index (χ1n) is 6.78. The molecule has 0 unspecified atom stereocenters. The Morgan fingerprint density at radius 3 is 2.81 bits per heavy atom. The summed E-state index contributed by atoms with van der Waals surface area (Å²) in [6, 6.07) is 6.36. The van der Waals surface area contributed by atoms with Gasteiger partial charge in [-0.05, 0) is 6.07 Å². The number of anilines is 1. The highest BCUT2D eigenvalue weighted by Crippen LogP contribution is 2.22. The van der Waals surface area contributed by atoms with Gasteiger partial charge in [0.1, 0.15) is 12.3 Å². The number of carbonyl (C=O) groups excluding carboxylic acids is 1. The highest BCUT2D eigenvalue weighted by molar-refractivity contribution is 5.67. The van der Waals surface area contributed by atoms with Crippen molar-refractivity contribution in [1.29, 1.82) is 0 Å². The third kappa shape index (κ3) is 4.32. The Balaban J connectivity index is 1.74. The van der Waals surface area contributed by atoms with E-state index in [9.17, 15) is 14.9 Å². The van der Waals surface area contributed by atoms with Gasteiger partial charge in [-0.1, -0.05) is 12.1 Å². The van der Waals surface area contributed by atoms with E-state index in [1.165, 1.54) is 6.07 Å². The fourth-order valence-corrected chi connectivity index (χ4v) is 2.05. The van der Waals surface area contributed by atoms with Gasteiger partial charge in [0.05, 0.1) is 4.92 Å². The molecule has 0 atom stereocenters. The summed E-state index contributed by atoms with van der Waals surface area (Å²) in [6.45, 7) is 3.29. The molecular formula is C13H18N4O4. The largest absolute Gasteiger partial charge is 0.448 e. The van der Waals surface area contributed by atoms with E-state index in [0.29, 0.717) is 25.3 Å². The van der Waals surface area contributed by atoms with E-state index in [2.05, 4.69) is 10.6 Å². The molecule has 2 rings (SSSR count). The average molecular weight is 294 g/mol. The molecule has 0 aliphatic carbocycles. The fourth-order valence-electron chi connectivity index (χ4n) is 2.05. The molecule has 1 aliphatic rings. The molecule has 2 N–H and O–H groups in total. The molecule has 1 amide bonds. The molecule has 1 aromatic carbocycles. The lowest BCUT2D eigenvalue weighted by Gasteiger charge is -2.26. The number of benzene rings is 1. The lowest BCUT2D eigenvalue weighted by molar-refractivity contribution is -0.384. The zero-order valence-electron chi connectivity index (χ0n) is 11.6. The smallest absolute Gasteiger partial charge is 0.409 e. The number of hydrogen-bond donors (Lipinski definition) is 2. The van der Waals surface area contributed by atoms with Gasteiger partial charge in [0, 0.05) is 38.8 Å². The van der Waals surface area contributed by atoms with E-state index in [1.54, 1.807) is 23.1 Å². The van der Waals surface area contributed by atoms with Crippen LogP contribution in [0.2, 0.25) is 0 Å². The van der Waals surface area contributed by atoms with Gasteiger partial charge in [-0.25, -0.2) is 4.79 Å². The summed E-state index contributed by atoms with van der Waals surface area (Å²) in [7, 11) is 0. The Morgan fingerprint density at radius 2 is 2.10 bits per heavy atom. The highest BCUT2D eigenvalue weighted by Gasteiger charge is 2.17. The van der Waals surface area contributed by atoms with Gasteiger partial charge < -0.3 is 20.3 Å². The van der Waals surface area contributed by atoms with Crippen LogP contribution in [0.1, 0.15) is 0 Å². The second-order valence-electron chi connectivity index (χ2n) is 4.55. The summed E-state index contributed by atoms with van der Waals surface area (Å²) in [5.74, 6) is 0. The van der Waals surface area contributed by atoms with E-state index in [4.69, 9.17) is 4.74 Å². The van der Waals surface area contributed by atoms with Crippen LogP contribution in [-0.4, -0.2) is 55.2 Å². The second-order valence-corrected chi connectivity index (χ2v) is 4.55. The molecule has 114 valence electrons. The first-order valence-corrected chi connectivity index (χ1v) is 6.78. The maximum absolute atomic E-state index is 11.7. The number of rotatable bonds is 5. The van der Waals surface area contributed by atoms with Gasteiger partial charge in [0.25, 0.3) is 5.69 Å². The van der Waals surface area contributed by atoms with Crippen LogP contribution in [0.15, 0.2) is 24.3 Å². The quantitative estimate of drug-likeness (QED) is 0.478. The monoisotopic (exact) mass is 294 g/mol. The van der Waals surface area contributed by atoms with Gasteiger partial charge in [-0.15, -0.1) is 0 Å². The molecule has 8 heteroatoms. The van der Waals surface area contributed by atoms with E-state index in [1.807, 2.05) is 0 Å². The summed E-state index contributed by atoms with van der Waals surface area (Å²) < 4.78 is 5.13. The number of piperazine rings is 1. The van der Waals surface area contributed by atoms with Crippen molar-refractivity contribution in [2.75, 3.05) is 44.6 Å². The van der Waals surface area contributed by atoms with Gasteiger partial charge in [-0.3, -0.25) is 10.1 Å². The van der Waals surface area contributed by atoms with Crippen molar-refractivity contribution in [3.8, 4) is 0 Å². The standard InChI is InChI=1S/C13H18N4O4/c18-13(16-8-5-14-6-9-16)21-10-7-15-11-3-1-2-4-12(11)17(19)20/h1-4,14-15H,5-10H2. The summed E-state index contributed by atoms with van der Waals surface area (Å²) in [5, 5.41) is 16.9. The minimum atomic E-state index is -0.449. The number of nitro groups is 1. The molecular weight excluding hydrogens is 276 g/mol. The van der Waals surface area contributed by atoms with Crippen molar-refractivity contribution in [3.05, 3.63) is 34.4 Å². The lowest BCUT2D eigenvalue weighted by atomic mass is 10.2. The predicted molar refractivity (Wildman–Crippen MR) is 77.4 cm³/mol. The summed E-state index contributed by atoms with van der Waals surface area (Å²) in [5.41, 5.74) is 0.423. The third-order valence-corrected chi connectivity index (χ3v) is 3.12.